The molecule has 8 heteroatoms. The Morgan fingerprint density at radius 1 is 1.61 bits per heavy atom. The Kier molecular flexibility index (Phi) is 3.22. The molecule has 0 saturated carbocycles. The standard InChI is InChI=1S/C10H13N3O4S/c1-2-12-9(5-6-11-12)18(16,17)13-7-3-4-8(13)10(14)15/h3-6,8H,2,7H2,1H3,(H,14,15). The number of hydrogen-bond acceptors (Lipinski definition) is 4. The molecule has 7 nitrogen and oxygen atoms in total. The van der Waals surface area contributed by atoms with Crippen molar-refractivity contribution in [1.29, 1.82) is 0 Å². The quantitative estimate of drug-likeness (QED) is 0.773. The first-order valence-electron chi connectivity index (χ1n) is 5.41. The average Bonchev–Trinajstić information content (AvgIpc) is 2.98. The zero-order valence-corrected chi connectivity index (χ0v) is 10.5. The third-order valence-corrected chi connectivity index (χ3v) is 4.59. The molecule has 2 rings (SSSR count). The van der Waals surface area contributed by atoms with Crippen molar-refractivity contribution in [2.45, 2.75) is 24.5 Å². The van der Waals surface area contributed by atoms with Gasteiger partial charge in [-0.15, -0.1) is 0 Å². The van der Waals surface area contributed by atoms with E-state index in [0.717, 1.165) is 4.31 Å². The van der Waals surface area contributed by atoms with Crippen molar-refractivity contribution in [2.24, 2.45) is 0 Å². The Bertz CT molecular complexity index is 590. The third kappa shape index (κ3) is 1.93. The van der Waals surface area contributed by atoms with Gasteiger partial charge in [0.2, 0.25) is 0 Å². The van der Waals surface area contributed by atoms with Crippen molar-refractivity contribution in [3.8, 4) is 0 Å². The number of nitrogens with zero attached hydrogens (tertiary/aromatic N) is 3. The predicted octanol–water partition coefficient (Wildman–Crippen LogP) is -0.0833. The minimum absolute atomic E-state index is 0.0138. The molecule has 0 aromatic carbocycles. The van der Waals surface area contributed by atoms with Gasteiger partial charge < -0.3 is 5.11 Å². The van der Waals surface area contributed by atoms with Crippen LogP contribution >= 0.6 is 0 Å². The van der Waals surface area contributed by atoms with Crippen molar-refractivity contribution in [1.82, 2.24) is 14.1 Å². The fraction of sp³-hybridized carbons (Fsp3) is 0.400. The molecule has 0 spiro atoms. The largest absolute Gasteiger partial charge is 0.480 e. The number of aryl methyl sites for hydroxylation is 1. The van der Waals surface area contributed by atoms with Crippen LogP contribution in [0.1, 0.15) is 6.92 Å². The SMILES string of the molecule is CCn1nccc1S(=O)(=O)N1CC=CC1C(=O)O. The van der Waals surface area contributed by atoms with Crippen LogP contribution in [0.2, 0.25) is 0 Å². The summed E-state index contributed by atoms with van der Waals surface area (Å²) in [5.74, 6) is -1.19. The van der Waals surface area contributed by atoms with Crippen LogP contribution < -0.4 is 0 Å². The van der Waals surface area contributed by atoms with E-state index in [1.807, 2.05) is 0 Å². The van der Waals surface area contributed by atoms with Crippen LogP contribution in [0.15, 0.2) is 29.4 Å². The number of rotatable bonds is 4. The van der Waals surface area contributed by atoms with Crippen LogP contribution in [0.5, 0.6) is 0 Å². The molecule has 1 aromatic rings. The minimum atomic E-state index is -3.84. The maximum Gasteiger partial charge on any atom is 0.326 e. The topological polar surface area (TPSA) is 92.5 Å². The monoisotopic (exact) mass is 271 g/mol. The maximum absolute atomic E-state index is 12.4. The second-order valence-electron chi connectivity index (χ2n) is 3.77. The predicted molar refractivity (Wildman–Crippen MR) is 62.4 cm³/mol. The first-order chi connectivity index (χ1) is 8.48. The smallest absolute Gasteiger partial charge is 0.326 e. The molecule has 1 N–H and O–H groups in total. The van der Waals surface area contributed by atoms with Gasteiger partial charge in [-0.1, -0.05) is 12.2 Å². The van der Waals surface area contributed by atoms with Gasteiger partial charge in [0, 0.05) is 13.1 Å². The molecule has 0 saturated heterocycles. The number of hydrogen-bond donors (Lipinski definition) is 1. The van der Waals surface area contributed by atoms with Gasteiger partial charge in [0.1, 0.15) is 6.04 Å². The molecule has 98 valence electrons. The summed E-state index contributed by atoms with van der Waals surface area (Å²) in [5, 5.41) is 12.9. The first kappa shape index (κ1) is 12.8. The van der Waals surface area contributed by atoms with Gasteiger partial charge in [-0.25, -0.2) is 8.42 Å². The Morgan fingerprint density at radius 3 is 2.94 bits per heavy atom. The van der Waals surface area contributed by atoms with Crippen LogP contribution in [-0.4, -0.2) is 46.2 Å². The van der Waals surface area contributed by atoms with Crippen LogP contribution in [-0.2, 0) is 21.4 Å². The third-order valence-electron chi connectivity index (χ3n) is 2.72. The summed E-state index contributed by atoms with van der Waals surface area (Å²) in [4.78, 5) is 11.0. The van der Waals surface area contributed by atoms with E-state index in [2.05, 4.69) is 5.10 Å². The summed E-state index contributed by atoms with van der Waals surface area (Å²) >= 11 is 0. The fourth-order valence-electron chi connectivity index (χ4n) is 1.85. The molecule has 0 radical (unpaired) electrons. The molecule has 1 aromatic heterocycles. The molecular formula is C10H13N3O4S. The van der Waals surface area contributed by atoms with Gasteiger partial charge >= 0.3 is 5.97 Å². The zero-order chi connectivity index (χ0) is 13.3. The second-order valence-corrected chi connectivity index (χ2v) is 5.61. The lowest BCUT2D eigenvalue weighted by atomic mass is 10.3. The lowest BCUT2D eigenvalue weighted by Crippen LogP contribution is -2.41. The minimum Gasteiger partial charge on any atom is -0.480 e. The average molecular weight is 271 g/mol. The molecule has 1 unspecified atom stereocenters. The highest BCUT2D eigenvalue weighted by atomic mass is 32.2. The lowest BCUT2D eigenvalue weighted by Gasteiger charge is -2.20. The van der Waals surface area contributed by atoms with E-state index < -0.39 is 22.0 Å². The molecule has 0 aliphatic carbocycles. The number of carbonyl (C=O) groups is 1. The second kappa shape index (κ2) is 4.54. The number of sulfonamides is 1. The Morgan fingerprint density at radius 2 is 2.33 bits per heavy atom. The summed E-state index contributed by atoms with van der Waals surface area (Å²) in [6.07, 6.45) is 4.28. The molecule has 1 aliphatic rings. The summed E-state index contributed by atoms with van der Waals surface area (Å²) in [6.45, 7) is 2.23. The van der Waals surface area contributed by atoms with E-state index in [1.54, 1.807) is 6.92 Å². The highest BCUT2D eigenvalue weighted by Gasteiger charge is 2.38. The van der Waals surface area contributed by atoms with E-state index in [1.165, 1.54) is 29.1 Å². The first-order valence-corrected chi connectivity index (χ1v) is 6.85. The summed E-state index contributed by atoms with van der Waals surface area (Å²) in [6, 6.07) is 0.228. The molecule has 0 amide bonds. The van der Waals surface area contributed by atoms with E-state index in [0.29, 0.717) is 6.54 Å². The van der Waals surface area contributed by atoms with Crippen molar-refractivity contribution in [3.63, 3.8) is 0 Å². The normalized spacial score (nSPS) is 20.4. The molecule has 1 atom stereocenters. The Hall–Kier alpha value is -1.67. The molecule has 0 fully saturated rings. The van der Waals surface area contributed by atoms with E-state index in [-0.39, 0.29) is 11.6 Å². The molecule has 0 bridgehead atoms. The number of carboxylic acids is 1. The number of aromatic nitrogens is 2. The van der Waals surface area contributed by atoms with Gasteiger partial charge in [-0.2, -0.15) is 9.40 Å². The van der Waals surface area contributed by atoms with Crippen LogP contribution in [0, 0.1) is 0 Å². The summed E-state index contributed by atoms with van der Waals surface area (Å²) < 4.78 is 27.0. The van der Waals surface area contributed by atoms with Crippen molar-refractivity contribution < 1.29 is 18.3 Å². The van der Waals surface area contributed by atoms with Crippen molar-refractivity contribution in [3.05, 3.63) is 24.4 Å². The maximum atomic E-state index is 12.4. The van der Waals surface area contributed by atoms with Gasteiger partial charge in [-0.3, -0.25) is 9.48 Å². The Labute approximate surface area is 104 Å². The number of aliphatic carboxylic acids is 1. The Balaban J connectivity index is 2.41. The van der Waals surface area contributed by atoms with Gasteiger partial charge in [-0.05, 0) is 13.0 Å². The van der Waals surface area contributed by atoms with E-state index in [4.69, 9.17) is 5.11 Å². The van der Waals surface area contributed by atoms with Crippen molar-refractivity contribution >= 4 is 16.0 Å². The van der Waals surface area contributed by atoms with Gasteiger partial charge in [0.05, 0.1) is 6.20 Å². The lowest BCUT2D eigenvalue weighted by molar-refractivity contribution is -0.139. The van der Waals surface area contributed by atoms with E-state index >= 15 is 0 Å². The zero-order valence-electron chi connectivity index (χ0n) is 9.72. The molecule has 18 heavy (non-hydrogen) atoms. The number of carboxylic acid groups (broad SMARTS) is 1. The van der Waals surface area contributed by atoms with Gasteiger partial charge in [0.25, 0.3) is 10.0 Å². The summed E-state index contributed by atoms with van der Waals surface area (Å²) in [7, 11) is -3.84. The summed E-state index contributed by atoms with van der Waals surface area (Å²) in [5.41, 5.74) is 0. The highest BCUT2D eigenvalue weighted by molar-refractivity contribution is 7.89. The van der Waals surface area contributed by atoms with Crippen LogP contribution in [0.4, 0.5) is 0 Å². The highest BCUT2D eigenvalue weighted by Crippen LogP contribution is 2.22. The van der Waals surface area contributed by atoms with Crippen molar-refractivity contribution in [2.75, 3.05) is 6.54 Å². The van der Waals surface area contributed by atoms with Crippen LogP contribution in [0.3, 0.4) is 0 Å². The molecular weight excluding hydrogens is 258 g/mol. The molecule has 2 heterocycles. The fourth-order valence-corrected chi connectivity index (χ4v) is 3.51. The van der Waals surface area contributed by atoms with E-state index in [9.17, 15) is 13.2 Å². The van der Waals surface area contributed by atoms with Crippen LogP contribution in [0.25, 0.3) is 0 Å². The molecule has 1 aliphatic heterocycles. The van der Waals surface area contributed by atoms with Gasteiger partial charge in [0.15, 0.2) is 5.03 Å².